The minimum absolute atomic E-state index is 0.0385. The van der Waals surface area contributed by atoms with E-state index in [4.69, 9.17) is 9.47 Å². The molecule has 0 spiro atoms. The van der Waals surface area contributed by atoms with E-state index in [0.29, 0.717) is 30.2 Å². The quantitative estimate of drug-likeness (QED) is 0.759. The minimum Gasteiger partial charge on any atom is -0.493 e. The van der Waals surface area contributed by atoms with Gasteiger partial charge in [-0.15, -0.1) is 0 Å². The zero-order valence-corrected chi connectivity index (χ0v) is 11.9. The van der Waals surface area contributed by atoms with Crippen molar-refractivity contribution in [3.63, 3.8) is 0 Å². The van der Waals surface area contributed by atoms with Gasteiger partial charge in [-0.25, -0.2) is 0 Å². The summed E-state index contributed by atoms with van der Waals surface area (Å²) in [6.07, 6.45) is 1.96. The molecule has 1 aromatic heterocycles. The lowest BCUT2D eigenvalue weighted by atomic mass is 10.1. The van der Waals surface area contributed by atoms with E-state index < -0.39 is 0 Å². The lowest BCUT2D eigenvalue weighted by Gasteiger charge is -2.09. The molecular formula is C15H18N2O3. The molecule has 0 bridgehead atoms. The van der Waals surface area contributed by atoms with Gasteiger partial charge in [-0.3, -0.25) is 9.48 Å². The highest BCUT2D eigenvalue weighted by Crippen LogP contribution is 2.28. The summed E-state index contributed by atoms with van der Waals surface area (Å²) in [5.74, 6) is 1.32. The lowest BCUT2D eigenvalue weighted by molar-refractivity contribution is 0.0982. The van der Waals surface area contributed by atoms with Gasteiger partial charge >= 0.3 is 0 Å². The molecule has 0 radical (unpaired) electrons. The number of aromatic nitrogens is 2. The topological polar surface area (TPSA) is 53.4 Å². The van der Waals surface area contributed by atoms with Gasteiger partial charge in [0.05, 0.1) is 14.2 Å². The third kappa shape index (κ3) is 2.82. The standard InChI is InChI=1S/C15H18N2O3/c1-4-17-12(7-8-16-17)13(18)9-11-5-6-14(19-2)15(10-11)20-3/h5-8,10H,4,9H2,1-3H3. The van der Waals surface area contributed by atoms with Crippen molar-refractivity contribution < 1.29 is 14.3 Å². The van der Waals surface area contributed by atoms with E-state index in [9.17, 15) is 4.79 Å². The number of methoxy groups -OCH3 is 2. The number of rotatable bonds is 6. The van der Waals surface area contributed by atoms with Crippen molar-refractivity contribution in [3.05, 3.63) is 41.7 Å². The summed E-state index contributed by atoms with van der Waals surface area (Å²) < 4.78 is 12.1. The van der Waals surface area contributed by atoms with Crippen LogP contribution in [0, 0.1) is 0 Å². The SMILES string of the molecule is CCn1nccc1C(=O)Cc1ccc(OC)c(OC)c1. The maximum atomic E-state index is 12.3. The van der Waals surface area contributed by atoms with Crippen molar-refractivity contribution in [2.45, 2.75) is 19.9 Å². The Morgan fingerprint density at radius 2 is 1.95 bits per heavy atom. The van der Waals surface area contributed by atoms with Crippen molar-refractivity contribution >= 4 is 5.78 Å². The second-order valence-electron chi connectivity index (χ2n) is 4.32. The number of nitrogens with zero attached hydrogens (tertiary/aromatic N) is 2. The predicted molar refractivity (Wildman–Crippen MR) is 75.5 cm³/mol. The van der Waals surface area contributed by atoms with E-state index in [-0.39, 0.29) is 5.78 Å². The number of carbonyl (C=O) groups is 1. The van der Waals surface area contributed by atoms with Gasteiger partial charge in [-0.1, -0.05) is 6.07 Å². The molecule has 1 aromatic carbocycles. The van der Waals surface area contributed by atoms with E-state index in [1.54, 1.807) is 37.2 Å². The second-order valence-corrected chi connectivity index (χ2v) is 4.32. The molecule has 0 saturated carbocycles. The zero-order valence-electron chi connectivity index (χ0n) is 11.9. The molecule has 0 aliphatic heterocycles. The molecule has 5 heteroatoms. The second kappa shape index (κ2) is 6.23. The molecule has 2 rings (SSSR count). The summed E-state index contributed by atoms with van der Waals surface area (Å²) >= 11 is 0. The van der Waals surface area contributed by atoms with Crippen molar-refractivity contribution in [1.29, 1.82) is 0 Å². The van der Waals surface area contributed by atoms with Gasteiger partial charge in [-0.05, 0) is 30.7 Å². The minimum atomic E-state index is 0.0385. The van der Waals surface area contributed by atoms with E-state index in [1.807, 2.05) is 19.1 Å². The Morgan fingerprint density at radius 1 is 1.20 bits per heavy atom. The Labute approximate surface area is 118 Å². The fourth-order valence-corrected chi connectivity index (χ4v) is 2.09. The van der Waals surface area contributed by atoms with Gasteiger partial charge in [0, 0.05) is 19.2 Å². The van der Waals surface area contributed by atoms with Crippen LogP contribution in [0.1, 0.15) is 23.0 Å². The third-order valence-electron chi connectivity index (χ3n) is 3.11. The molecule has 0 aliphatic rings. The van der Waals surface area contributed by atoms with Gasteiger partial charge in [0.25, 0.3) is 0 Å². The van der Waals surface area contributed by atoms with Crippen LogP contribution in [0.3, 0.4) is 0 Å². The van der Waals surface area contributed by atoms with Crippen LogP contribution in [0.25, 0.3) is 0 Å². The summed E-state index contributed by atoms with van der Waals surface area (Å²) in [4.78, 5) is 12.3. The van der Waals surface area contributed by atoms with E-state index in [2.05, 4.69) is 5.10 Å². The van der Waals surface area contributed by atoms with Gasteiger partial charge in [0.2, 0.25) is 0 Å². The maximum Gasteiger partial charge on any atom is 0.185 e. The Hall–Kier alpha value is -2.30. The first-order chi connectivity index (χ1) is 9.69. The molecule has 5 nitrogen and oxygen atoms in total. The summed E-state index contributed by atoms with van der Waals surface area (Å²) in [5, 5.41) is 4.11. The number of aryl methyl sites for hydroxylation is 1. The fourth-order valence-electron chi connectivity index (χ4n) is 2.09. The number of hydrogen-bond acceptors (Lipinski definition) is 4. The molecular weight excluding hydrogens is 256 g/mol. The van der Waals surface area contributed by atoms with Crippen LogP contribution in [-0.4, -0.2) is 29.8 Å². The molecule has 0 atom stereocenters. The zero-order chi connectivity index (χ0) is 14.5. The van der Waals surface area contributed by atoms with E-state index in [1.165, 1.54) is 0 Å². The molecule has 0 saturated heterocycles. The molecule has 0 unspecified atom stereocenters. The van der Waals surface area contributed by atoms with Crippen molar-refractivity contribution in [1.82, 2.24) is 9.78 Å². The Bertz CT molecular complexity index is 605. The number of carbonyl (C=O) groups excluding carboxylic acids is 1. The highest BCUT2D eigenvalue weighted by Gasteiger charge is 2.13. The van der Waals surface area contributed by atoms with Crippen molar-refractivity contribution in [2.24, 2.45) is 0 Å². The third-order valence-corrected chi connectivity index (χ3v) is 3.11. The normalized spacial score (nSPS) is 10.3. The van der Waals surface area contributed by atoms with Gasteiger partial charge in [0.1, 0.15) is 5.69 Å². The fraction of sp³-hybridized carbons (Fsp3) is 0.333. The maximum absolute atomic E-state index is 12.3. The summed E-state index contributed by atoms with van der Waals surface area (Å²) in [5.41, 5.74) is 1.51. The highest BCUT2D eigenvalue weighted by molar-refractivity contribution is 5.96. The summed E-state index contributed by atoms with van der Waals surface area (Å²) in [6, 6.07) is 7.24. The molecule has 2 aromatic rings. The highest BCUT2D eigenvalue weighted by atomic mass is 16.5. The Morgan fingerprint density at radius 3 is 2.60 bits per heavy atom. The number of Topliss-reactive ketones (excluding diaryl/α,β-unsaturated/α-hetero) is 1. The van der Waals surface area contributed by atoms with E-state index >= 15 is 0 Å². The van der Waals surface area contributed by atoms with Crippen LogP contribution < -0.4 is 9.47 Å². The predicted octanol–water partition coefficient (Wildman–Crippen LogP) is 2.35. The van der Waals surface area contributed by atoms with Crippen LogP contribution in [0.4, 0.5) is 0 Å². The van der Waals surface area contributed by atoms with Gasteiger partial charge < -0.3 is 9.47 Å². The first-order valence-electron chi connectivity index (χ1n) is 6.45. The monoisotopic (exact) mass is 274 g/mol. The Kier molecular flexibility index (Phi) is 4.40. The molecule has 20 heavy (non-hydrogen) atoms. The van der Waals surface area contributed by atoms with Crippen LogP contribution in [0.2, 0.25) is 0 Å². The first kappa shape index (κ1) is 14.1. The van der Waals surface area contributed by atoms with Gasteiger partial charge in [0.15, 0.2) is 17.3 Å². The molecule has 0 N–H and O–H groups in total. The Balaban J connectivity index is 2.20. The van der Waals surface area contributed by atoms with Gasteiger partial charge in [-0.2, -0.15) is 5.10 Å². The van der Waals surface area contributed by atoms with Crippen LogP contribution in [0.5, 0.6) is 11.5 Å². The average Bonchev–Trinajstić information content (AvgIpc) is 2.95. The number of benzene rings is 1. The van der Waals surface area contributed by atoms with Crippen LogP contribution in [0.15, 0.2) is 30.5 Å². The summed E-state index contributed by atoms with van der Waals surface area (Å²) in [7, 11) is 3.16. The van der Waals surface area contributed by atoms with Crippen LogP contribution >= 0.6 is 0 Å². The first-order valence-corrected chi connectivity index (χ1v) is 6.45. The lowest BCUT2D eigenvalue weighted by Crippen LogP contribution is -2.11. The number of ketones is 1. The van der Waals surface area contributed by atoms with E-state index in [0.717, 1.165) is 5.56 Å². The molecule has 0 fully saturated rings. The molecule has 0 aliphatic carbocycles. The number of hydrogen-bond donors (Lipinski definition) is 0. The largest absolute Gasteiger partial charge is 0.493 e. The number of ether oxygens (including phenoxy) is 2. The van der Waals surface area contributed by atoms with Crippen molar-refractivity contribution in [2.75, 3.05) is 14.2 Å². The van der Waals surface area contributed by atoms with Crippen LogP contribution in [-0.2, 0) is 13.0 Å². The summed E-state index contributed by atoms with van der Waals surface area (Å²) in [6.45, 7) is 2.64. The molecule has 106 valence electrons. The molecule has 0 amide bonds. The average molecular weight is 274 g/mol. The smallest absolute Gasteiger partial charge is 0.185 e. The van der Waals surface area contributed by atoms with Crippen molar-refractivity contribution in [3.8, 4) is 11.5 Å². The molecule has 1 heterocycles.